The van der Waals surface area contributed by atoms with E-state index in [1.165, 1.54) is 18.4 Å². The molecule has 0 aromatic carbocycles. The molecule has 1 heterocycles. The lowest BCUT2D eigenvalue weighted by atomic mass is 10.2. The Morgan fingerprint density at radius 3 is 3.00 bits per heavy atom. The Morgan fingerprint density at radius 2 is 2.40 bits per heavy atom. The Kier molecular flexibility index (Phi) is 5.64. The number of ether oxygens (including phenoxy) is 1. The molecule has 1 rings (SSSR count). The van der Waals surface area contributed by atoms with Gasteiger partial charge in [-0.05, 0) is 23.8 Å². The first-order chi connectivity index (χ1) is 7.19. The van der Waals surface area contributed by atoms with Crippen molar-refractivity contribution >= 4 is 44.8 Å². The minimum atomic E-state index is -0.245. The molecule has 1 aromatic heterocycles. The van der Waals surface area contributed by atoms with Crippen LogP contribution in [0.5, 0.6) is 0 Å². The predicted octanol–water partition coefficient (Wildman–Crippen LogP) is 3.44. The van der Waals surface area contributed by atoms with Gasteiger partial charge in [-0.2, -0.15) is 0 Å². The lowest BCUT2D eigenvalue weighted by Crippen LogP contribution is -2.03. The summed E-state index contributed by atoms with van der Waals surface area (Å²) in [5.41, 5.74) is 1.13. The van der Waals surface area contributed by atoms with Gasteiger partial charge in [0.05, 0.1) is 18.6 Å². The number of hydrogen-bond donors (Lipinski definition) is 0. The smallest absolute Gasteiger partial charge is 0.310 e. The van der Waals surface area contributed by atoms with Crippen molar-refractivity contribution in [3.8, 4) is 0 Å². The SMILES string of the molecule is COC(=O)Cc1scc(CCCBr)c1Cl. The zero-order valence-electron chi connectivity index (χ0n) is 8.39. The minimum Gasteiger partial charge on any atom is -0.469 e. The molecule has 0 bridgehead atoms. The molecule has 0 aliphatic carbocycles. The van der Waals surface area contributed by atoms with Gasteiger partial charge in [-0.1, -0.05) is 27.5 Å². The van der Waals surface area contributed by atoms with Crippen molar-refractivity contribution < 1.29 is 9.53 Å². The van der Waals surface area contributed by atoms with E-state index in [9.17, 15) is 4.79 Å². The van der Waals surface area contributed by atoms with Crippen molar-refractivity contribution in [1.82, 2.24) is 0 Å². The Balaban J connectivity index is 2.66. The molecule has 0 atom stereocenters. The van der Waals surface area contributed by atoms with Gasteiger partial charge in [0.1, 0.15) is 0 Å². The number of thiophene rings is 1. The molecule has 2 nitrogen and oxygen atoms in total. The van der Waals surface area contributed by atoms with E-state index in [2.05, 4.69) is 20.7 Å². The van der Waals surface area contributed by atoms with Crippen molar-refractivity contribution in [2.75, 3.05) is 12.4 Å². The van der Waals surface area contributed by atoms with Gasteiger partial charge in [0.2, 0.25) is 0 Å². The highest BCUT2D eigenvalue weighted by molar-refractivity contribution is 9.09. The average molecular weight is 312 g/mol. The first-order valence-corrected chi connectivity index (χ1v) is 6.94. The molecule has 0 saturated heterocycles. The van der Waals surface area contributed by atoms with Crippen molar-refractivity contribution in [2.45, 2.75) is 19.3 Å². The van der Waals surface area contributed by atoms with Gasteiger partial charge in [0.15, 0.2) is 0 Å². The molecule has 0 spiro atoms. The van der Waals surface area contributed by atoms with Gasteiger partial charge < -0.3 is 4.74 Å². The van der Waals surface area contributed by atoms with Crippen molar-refractivity contribution in [1.29, 1.82) is 0 Å². The van der Waals surface area contributed by atoms with Gasteiger partial charge >= 0.3 is 5.97 Å². The van der Waals surface area contributed by atoms with E-state index in [0.717, 1.165) is 33.6 Å². The number of halogens is 2. The quantitative estimate of drug-likeness (QED) is 0.615. The molecule has 0 fully saturated rings. The third-order valence-corrected chi connectivity index (χ3v) is 4.16. The Morgan fingerprint density at radius 1 is 1.67 bits per heavy atom. The molecule has 5 heteroatoms. The van der Waals surface area contributed by atoms with Crippen LogP contribution < -0.4 is 0 Å². The molecule has 0 aliphatic heterocycles. The number of esters is 1. The van der Waals surface area contributed by atoms with Crippen LogP contribution in [0.25, 0.3) is 0 Å². The number of hydrogen-bond acceptors (Lipinski definition) is 3. The summed E-state index contributed by atoms with van der Waals surface area (Å²) >= 11 is 11.0. The molecular weight excluding hydrogens is 300 g/mol. The fraction of sp³-hybridized carbons (Fsp3) is 0.500. The lowest BCUT2D eigenvalue weighted by Gasteiger charge is -1.99. The van der Waals surface area contributed by atoms with Crippen molar-refractivity contribution in [2.24, 2.45) is 0 Å². The third kappa shape index (κ3) is 3.78. The van der Waals surface area contributed by atoms with Crippen LogP contribution >= 0.6 is 38.9 Å². The maximum atomic E-state index is 11.1. The van der Waals surface area contributed by atoms with Gasteiger partial charge in [-0.25, -0.2) is 0 Å². The van der Waals surface area contributed by atoms with Gasteiger partial charge in [0, 0.05) is 10.2 Å². The predicted molar refractivity (Wildman–Crippen MR) is 67.2 cm³/mol. The molecule has 0 aliphatic rings. The summed E-state index contributed by atoms with van der Waals surface area (Å²) in [6.07, 6.45) is 2.27. The van der Waals surface area contributed by atoms with Crippen LogP contribution in [-0.4, -0.2) is 18.4 Å². The molecule has 84 valence electrons. The summed E-state index contributed by atoms with van der Waals surface area (Å²) in [6, 6.07) is 0. The van der Waals surface area contributed by atoms with Crippen LogP contribution in [0.2, 0.25) is 5.02 Å². The summed E-state index contributed by atoms with van der Waals surface area (Å²) in [7, 11) is 1.38. The standard InChI is InChI=1S/C10H12BrClO2S/c1-14-9(13)5-8-10(12)7(6-15-8)3-2-4-11/h6H,2-5H2,1H3. The zero-order chi connectivity index (χ0) is 11.3. The highest BCUT2D eigenvalue weighted by Gasteiger charge is 2.12. The zero-order valence-corrected chi connectivity index (χ0v) is 11.5. The number of carbonyl (C=O) groups excluding carboxylic acids is 1. The number of methoxy groups -OCH3 is 1. The Labute approximate surface area is 107 Å². The summed E-state index contributed by atoms with van der Waals surface area (Å²) in [4.78, 5) is 12.0. The number of rotatable bonds is 5. The van der Waals surface area contributed by atoms with Crippen molar-refractivity contribution in [3.05, 3.63) is 20.8 Å². The van der Waals surface area contributed by atoms with Crippen LogP contribution in [0.3, 0.4) is 0 Å². The average Bonchev–Trinajstić information content (AvgIpc) is 2.57. The maximum absolute atomic E-state index is 11.1. The molecule has 0 amide bonds. The van der Waals surface area contributed by atoms with E-state index in [1.807, 2.05) is 5.38 Å². The highest BCUT2D eigenvalue weighted by atomic mass is 79.9. The van der Waals surface area contributed by atoms with E-state index in [0.29, 0.717) is 0 Å². The van der Waals surface area contributed by atoms with Crippen LogP contribution in [-0.2, 0) is 22.4 Å². The van der Waals surface area contributed by atoms with E-state index >= 15 is 0 Å². The van der Waals surface area contributed by atoms with Gasteiger partial charge in [-0.15, -0.1) is 11.3 Å². The summed E-state index contributed by atoms with van der Waals surface area (Å²) < 4.78 is 4.60. The normalized spacial score (nSPS) is 10.3. The van der Waals surface area contributed by atoms with Gasteiger partial charge in [0.25, 0.3) is 0 Å². The number of alkyl halides is 1. The van der Waals surface area contributed by atoms with Gasteiger partial charge in [-0.3, -0.25) is 4.79 Å². The highest BCUT2D eigenvalue weighted by Crippen LogP contribution is 2.29. The minimum absolute atomic E-state index is 0.245. The topological polar surface area (TPSA) is 26.3 Å². The lowest BCUT2D eigenvalue weighted by molar-refractivity contribution is -0.139. The third-order valence-electron chi connectivity index (χ3n) is 1.98. The molecule has 0 N–H and O–H groups in total. The monoisotopic (exact) mass is 310 g/mol. The molecule has 0 unspecified atom stereocenters. The second-order valence-electron chi connectivity index (χ2n) is 3.04. The first kappa shape index (κ1) is 13.0. The largest absolute Gasteiger partial charge is 0.469 e. The maximum Gasteiger partial charge on any atom is 0.310 e. The van der Waals surface area contributed by atoms with Crippen LogP contribution in [0, 0.1) is 0 Å². The Bertz CT molecular complexity index is 338. The number of carbonyl (C=O) groups is 1. The molecule has 0 saturated carbocycles. The van der Waals surface area contributed by atoms with Crippen molar-refractivity contribution in [3.63, 3.8) is 0 Å². The summed E-state index contributed by atoms with van der Waals surface area (Å²) in [5.74, 6) is -0.245. The van der Waals surface area contributed by atoms with Crippen LogP contribution in [0.1, 0.15) is 16.9 Å². The van der Waals surface area contributed by atoms with E-state index < -0.39 is 0 Å². The number of aryl methyl sites for hydroxylation is 1. The Hall–Kier alpha value is -0.0600. The fourth-order valence-corrected chi connectivity index (χ4v) is 2.82. The molecule has 15 heavy (non-hydrogen) atoms. The molecule has 1 aromatic rings. The van der Waals surface area contributed by atoms with Crippen LogP contribution in [0.4, 0.5) is 0 Å². The van der Waals surface area contributed by atoms with E-state index in [1.54, 1.807) is 0 Å². The summed E-state index contributed by atoms with van der Waals surface area (Å²) in [5, 5.41) is 3.71. The van der Waals surface area contributed by atoms with E-state index in [-0.39, 0.29) is 12.4 Å². The fourth-order valence-electron chi connectivity index (χ4n) is 1.17. The summed E-state index contributed by atoms with van der Waals surface area (Å²) in [6.45, 7) is 0. The second kappa shape index (κ2) is 6.51. The second-order valence-corrected chi connectivity index (χ2v) is 5.18. The first-order valence-electron chi connectivity index (χ1n) is 4.56. The van der Waals surface area contributed by atoms with E-state index in [4.69, 9.17) is 11.6 Å². The molecule has 0 radical (unpaired) electrons. The molecular formula is C10H12BrClO2S. The van der Waals surface area contributed by atoms with Crippen LogP contribution in [0.15, 0.2) is 5.38 Å².